The molecule has 0 saturated carbocycles. The predicted molar refractivity (Wildman–Crippen MR) is 91.6 cm³/mol. The molecule has 0 fully saturated rings. The van der Waals surface area contributed by atoms with E-state index in [1.54, 1.807) is 0 Å². The first-order valence-corrected chi connectivity index (χ1v) is 8.89. The molecule has 0 rings (SSSR count). The predicted octanol–water partition coefficient (Wildman–Crippen LogP) is 3.53. The molecule has 0 saturated heterocycles. The summed E-state index contributed by atoms with van der Waals surface area (Å²) in [4.78, 5) is 11.6. The van der Waals surface area contributed by atoms with E-state index in [1.807, 2.05) is 6.92 Å². The zero-order chi connectivity index (χ0) is 16.1. The summed E-state index contributed by atoms with van der Waals surface area (Å²) in [7, 11) is 0. The fourth-order valence-electron chi connectivity index (χ4n) is 3.03. The van der Waals surface area contributed by atoms with Crippen molar-refractivity contribution in [3.05, 3.63) is 0 Å². The Morgan fingerprint density at radius 2 is 1.57 bits per heavy atom. The Morgan fingerprint density at radius 3 is 2.05 bits per heavy atom. The lowest BCUT2D eigenvalue weighted by atomic mass is 9.82. The topological polar surface area (TPSA) is 53.2 Å². The van der Waals surface area contributed by atoms with Gasteiger partial charge in [-0.2, -0.15) is 0 Å². The largest absolute Gasteiger partial charge is 0.338 e. The monoisotopic (exact) mass is 299 g/mol. The first kappa shape index (κ1) is 20.2. The molecule has 0 aromatic carbocycles. The molecular formula is C17H37N3O. The minimum absolute atomic E-state index is 0.0483. The van der Waals surface area contributed by atoms with Gasteiger partial charge in [-0.25, -0.2) is 4.79 Å². The molecule has 126 valence electrons. The number of carbonyl (C=O) groups is 1. The van der Waals surface area contributed by atoms with Crippen LogP contribution in [0.5, 0.6) is 0 Å². The number of nitrogens with one attached hydrogen (secondary N) is 3. The van der Waals surface area contributed by atoms with Crippen LogP contribution in [0, 0.1) is 11.8 Å². The second-order valence-electron chi connectivity index (χ2n) is 5.80. The average Bonchev–Trinajstić information content (AvgIpc) is 2.48. The van der Waals surface area contributed by atoms with Crippen LogP contribution in [-0.4, -0.2) is 31.7 Å². The van der Waals surface area contributed by atoms with E-state index in [4.69, 9.17) is 0 Å². The summed E-state index contributed by atoms with van der Waals surface area (Å²) in [5, 5.41) is 9.50. The molecule has 0 aliphatic rings. The first-order chi connectivity index (χ1) is 10.1. The highest BCUT2D eigenvalue weighted by atomic mass is 16.2. The number of urea groups is 1. The Hall–Kier alpha value is -0.770. The van der Waals surface area contributed by atoms with E-state index < -0.39 is 0 Å². The number of unbranched alkanes of at least 4 members (excludes halogenated alkanes) is 1. The number of hydrogen-bond acceptors (Lipinski definition) is 2. The molecule has 0 heterocycles. The molecule has 21 heavy (non-hydrogen) atoms. The van der Waals surface area contributed by atoms with Gasteiger partial charge in [-0.3, -0.25) is 0 Å². The maximum Gasteiger partial charge on any atom is 0.314 e. The number of carbonyl (C=O) groups excluding carboxylic acids is 1. The van der Waals surface area contributed by atoms with Crippen LogP contribution in [-0.2, 0) is 0 Å². The Labute approximate surface area is 131 Å². The van der Waals surface area contributed by atoms with Crippen molar-refractivity contribution >= 4 is 6.03 Å². The van der Waals surface area contributed by atoms with Crippen LogP contribution < -0.4 is 16.0 Å². The number of rotatable bonds is 12. The fourth-order valence-corrected chi connectivity index (χ4v) is 3.03. The van der Waals surface area contributed by atoms with Gasteiger partial charge in [-0.15, -0.1) is 0 Å². The van der Waals surface area contributed by atoms with Crippen LogP contribution in [0.1, 0.15) is 66.7 Å². The van der Waals surface area contributed by atoms with Gasteiger partial charge >= 0.3 is 6.03 Å². The Morgan fingerprint density at radius 1 is 0.905 bits per heavy atom. The van der Waals surface area contributed by atoms with Gasteiger partial charge in [0, 0.05) is 19.1 Å². The molecule has 0 aliphatic heterocycles. The smallest absolute Gasteiger partial charge is 0.314 e. The van der Waals surface area contributed by atoms with Gasteiger partial charge in [0.1, 0.15) is 0 Å². The van der Waals surface area contributed by atoms with Crippen molar-refractivity contribution in [2.75, 3.05) is 19.6 Å². The highest BCUT2D eigenvalue weighted by Crippen LogP contribution is 2.24. The van der Waals surface area contributed by atoms with Gasteiger partial charge < -0.3 is 16.0 Å². The highest BCUT2D eigenvalue weighted by Gasteiger charge is 2.26. The van der Waals surface area contributed by atoms with E-state index >= 15 is 0 Å². The van der Waals surface area contributed by atoms with E-state index in [0.717, 1.165) is 19.5 Å². The first-order valence-electron chi connectivity index (χ1n) is 8.89. The van der Waals surface area contributed by atoms with E-state index in [9.17, 15) is 4.79 Å². The molecule has 3 atom stereocenters. The van der Waals surface area contributed by atoms with Crippen molar-refractivity contribution in [3.8, 4) is 0 Å². The van der Waals surface area contributed by atoms with E-state index in [1.165, 1.54) is 25.7 Å². The minimum Gasteiger partial charge on any atom is -0.338 e. The lowest BCUT2D eigenvalue weighted by Gasteiger charge is -2.34. The minimum atomic E-state index is -0.0483. The van der Waals surface area contributed by atoms with Gasteiger partial charge in [0.05, 0.1) is 0 Å². The average molecular weight is 300 g/mol. The van der Waals surface area contributed by atoms with Crippen LogP contribution >= 0.6 is 0 Å². The third kappa shape index (κ3) is 8.30. The van der Waals surface area contributed by atoms with Crippen LogP contribution in [0.15, 0.2) is 0 Å². The summed E-state index contributed by atoms with van der Waals surface area (Å²) in [5.74, 6) is 1.19. The van der Waals surface area contributed by atoms with Crippen LogP contribution in [0.4, 0.5) is 4.79 Å². The molecule has 3 unspecified atom stereocenters. The molecule has 2 amide bonds. The van der Waals surface area contributed by atoms with E-state index in [0.29, 0.717) is 24.4 Å². The van der Waals surface area contributed by atoms with Crippen LogP contribution in [0.2, 0.25) is 0 Å². The fraction of sp³-hybridized carbons (Fsp3) is 0.941. The summed E-state index contributed by atoms with van der Waals surface area (Å²) in [5.41, 5.74) is 0. The molecule has 4 heteroatoms. The van der Waals surface area contributed by atoms with Crippen molar-refractivity contribution in [1.82, 2.24) is 16.0 Å². The highest BCUT2D eigenvalue weighted by molar-refractivity contribution is 5.73. The van der Waals surface area contributed by atoms with Gasteiger partial charge in [-0.1, -0.05) is 53.4 Å². The summed E-state index contributed by atoms with van der Waals surface area (Å²) >= 11 is 0. The number of amides is 2. The molecule has 0 spiro atoms. The molecule has 0 bridgehead atoms. The van der Waals surface area contributed by atoms with Crippen molar-refractivity contribution in [3.63, 3.8) is 0 Å². The van der Waals surface area contributed by atoms with E-state index in [-0.39, 0.29) is 6.03 Å². The second kappa shape index (κ2) is 12.9. The molecular weight excluding hydrogens is 262 g/mol. The summed E-state index contributed by atoms with van der Waals surface area (Å²) in [6, 6.07) is 0.450. The van der Waals surface area contributed by atoms with Gasteiger partial charge in [0.15, 0.2) is 0 Å². The molecule has 0 aromatic rings. The summed E-state index contributed by atoms with van der Waals surface area (Å²) in [6.45, 7) is 13.3. The van der Waals surface area contributed by atoms with Crippen molar-refractivity contribution < 1.29 is 4.79 Å². The second-order valence-corrected chi connectivity index (χ2v) is 5.80. The molecule has 4 nitrogen and oxygen atoms in total. The van der Waals surface area contributed by atoms with Crippen molar-refractivity contribution in [2.24, 2.45) is 11.8 Å². The SMILES string of the molecule is CCCCC(CC)C(NCC)C(CC)CNC(=O)NCC. The van der Waals surface area contributed by atoms with Crippen LogP contribution in [0.3, 0.4) is 0 Å². The lowest BCUT2D eigenvalue weighted by molar-refractivity contribution is 0.216. The van der Waals surface area contributed by atoms with Crippen molar-refractivity contribution in [1.29, 1.82) is 0 Å². The maximum atomic E-state index is 11.6. The Kier molecular flexibility index (Phi) is 12.5. The Balaban J connectivity index is 4.63. The van der Waals surface area contributed by atoms with Gasteiger partial charge in [0.2, 0.25) is 0 Å². The summed E-state index contributed by atoms with van der Waals surface area (Å²) in [6.07, 6.45) is 6.12. The van der Waals surface area contributed by atoms with Crippen LogP contribution in [0.25, 0.3) is 0 Å². The maximum absolute atomic E-state index is 11.6. The molecule has 3 N–H and O–H groups in total. The summed E-state index contributed by atoms with van der Waals surface area (Å²) < 4.78 is 0. The van der Waals surface area contributed by atoms with Gasteiger partial charge in [-0.05, 0) is 31.7 Å². The molecule has 0 aromatic heterocycles. The standard InChI is InChI=1S/C17H37N3O/c1-6-11-12-14(7-2)16(18-9-4)15(8-3)13-20-17(21)19-10-5/h14-16,18H,6-13H2,1-5H3,(H2,19,20,21). The molecule has 0 radical (unpaired) electrons. The quantitative estimate of drug-likeness (QED) is 0.516. The number of hydrogen-bond donors (Lipinski definition) is 3. The van der Waals surface area contributed by atoms with Crippen molar-refractivity contribution in [2.45, 2.75) is 72.8 Å². The third-order valence-corrected chi connectivity index (χ3v) is 4.29. The third-order valence-electron chi connectivity index (χ3n) is 4.29. The molecule has 0 aliphatic carbocycles. The zero-order valence-electron chi connectivity index (χ0n) is 14.8. The van der Waals surface area contributed by atoms with E-state index in [2.05, 4.69) is 43.6 Å². The zero-order valence-corrected chi connectivity index (χ0v) is 14.8. The van der Waals surface area contributed by atoms with Gasteiger partial charge in [0.25, 0.3) is 0 Å². The lowest BCUT2D eigenvalue weighted by Crippen LogP contribution is -2.48. The normalized spacial score (nSPS) is 15.3. The Bertz CT molecular complexity index is 258.